The highest BCUT2D eigenvalue weighted by Gasteiger charge is 2.19. The van der Waals surface area contributed by atoms with Crippen LogP contribution in [0, 0.1) is 20.8 Å². The van der Waals surface area contributed by atoms with Gasteiger partial charge in [-0.25, -0.2) is 0 Å². The Labute approximate surface area is 145 Å². The van der Waals surface area contributed by atoms with E-state index in [9.17, 15) is 4.79 Å². The topological polar surface area (TPSA) is 38.3 Å². The minimum atomic E-state index is -0.534. The largest absolute Gasteiger partial charge is 0.481 e. The van der Waals surface area contributed by atoms with Crippen LogP contribution in [0.15, 0.2) is 42.5 Å². The molecule has 0 aliphatic rings. The number of aryl methyl sites for hydroxylation is 3. The first-order valence-corrected chi connectivity index (χ1v) is 8.51. The molecule has 2 unspecified atom stereocenters. The Balaban J connectivity index is 2.02. The molecule has 0 bridgehead atoms. The van der Waals surface area contributed by atoms with Crippen LogP contribution in [0.5, 0.6) is 5.75 Å². The molecule has 0 saturated heterocycles. The van der Waals surface area contributed by atoms with Crippen molar-refractivity contribution in [2.75, 3.05) is 0 Å². The van der Waals surface area contributed by atoms with Gasteiger partial charge in [-0.2, -0.15) is 0 Å². The zero-order valence-corrected chi connectivity index (χ0v) is 15.2. The van der Waals surface area contributed by atoms with Crippen molar-refractivity contribution >= 4 is 5.91 Å². The molecule has 0 fully saturated rings. The van der Waals surface area contributed by atoms with E-state index in [1.54, 1.807) is 6.92 Å². The molecule has 2 rings (SSSR count). The van der Waals surface area contributed by atoms with Crippen LogP contribution >= 0.6 is 0 Å². The molecule has 0 heterocycles. The molecule has 0 spiro atoms. The van der Waals surface area contributed by atoms with Crippen LogP contribution < -0.4 is 10.1 Å². The summed E-state index contributed by atoms with van der Waals surface area (Å²) in [6.07, 6.45) is 0.305. The average Bonchev–Trinajstić information content (AvgIpc) is 2.57. The van der Waals surface area contributed by atoms with Gasteiger partial charge in [-0.15, -0.1) is 0 Å². The summed E-state index contributed by atoms with van der Waals surface area (Å²) in [5.41, 5.74) is 4.80. The van der Waals surface area contributed by atoms with Gasteiger partial charge in [0.15, 0.2) is 6.10 Å². The molecular formula is C21H27NO2. The molecule has 2 aromatic rings. The lowest BCUT2D eigenvalue weighted by Crippen LogP contribution is -2.38. The Bertz CT molecular complexity index is 691. The van der Waals surface area contributed by atoms with Gasteiger partial charge in [0, 0.05) is 0 Å². The number of hydrogen-bond donors (Lipinski definition) is 1. The fraction of sp³-hybridized carbons (Fsp3) is 0.381. The summed E-state index contributed by atoms with van der Waals surface area (Å²) >= 11 is 0. The van der Waals surface area contributed by atoms with Gasteiger partial charge in [0.2, 0.25) is 0 Å². The van der Waals surface area contributed by atoms with Gasteiger partial charge in [0.05, 0.1) is 6.04 Å². The van der Waals surface area contributed by atoms with E-state index in [1.165, 1.54) is 16.7 Å². The summed E-state index contributed by atoms with van der Waals surface area (Å²) < 4.78 is 5.74. The molecular weight excluding hydrogens is 298 g/mol. The van der Waals surface area contributed by atoms with Gasteiger partial charge in [0.25, 0.3) is 5.91 Å². The molecule has 1 amide bonds. The molecule has 3 nitrogen and oxygen atoms in total. The number of hydrogen-bond acceptors (Lipinski definition) is 2. The number of nitrogens with one attached hydrogen (secondary N) is 1. The number of carbonyl (C=O) groups is 1. The van der Waals surface area contributed by atoms with Crippen molar-refractivity contribution in [2.45, 2.75) is 53.2 Å². The lowest BCUT2D eigenvalue weighted by molar-refractivity contribution is -0.128. The lowest BCUT2D eigenvalue weighted by Gasteiger charge is -2.21. The van der Waals surface area contributed by atoms with Crippen LogP contribution in [0.2, 0.25) is 0 Å². The van der Waals surface area contributed by atoms with Crippen LogP contribution in [0.25, 0.3) is 0 Å². The smallest absolute Gasteiger partial charge is 0.261 e. The second kappa shape index (κ2) is 8.00. The summed E-state index contributed by atoms with van der Waals surface area (Å²) in [6.45, 7) is 10.1. The lowest BCUT2D eigenvalue weighted by atomic mass is 9.99. The molecule has 0 aliphatic heterocycles. The van der Waals surface area contributed by atoms with Crippen molar-refractivity contribution < 1.29 is 9.53 Å². The van der Waals surface area contributed by atoms with Crippen molar-refractivity contribution in [3.63, 3.8) is 0 Å². The third-order valence-corrected chi connectivity index (χ3v) is 4.36. The highest BCUT2D eigenvalue weighted by Crippen LogP contribution is 2.20. The minimum absolute atomic E-state index is 0.000804. The van der Waals surface area contributed by atoms with E-state index >= 15 is 0 Å². The second-order valence-electron chi connectivity index (χ2n) is 6.39. The summed E-state index contributed by atoms with van der Waals surface area (Å²) in [7, 11) is 0. The van der Waals surface area contributed by atoms with Gasteiger partial charge in [-0.1, -0.05) is 42.8 Å². The molecule has 0 saturated carbocycles. The molecule has 2 aromatic carbocycles. The molecule has 1 N–H and O–H groups in total. The van der Waals surface area contributed by atoms with Crippen molar-refractivity contribution in [3.05, 3.63) is 64.7 Å². The third-order valence-electron chi connectivity index (χ3n) is 4.36. The van der Waals surface area contributed by atoms with E-state index in [0.29, 0.717) is 5.75 Å². The second-order valence-corrected chi connectivity index (χ2v) is 6.39. The summed E-state index contributed by atoms with van der Waals surface area (Å²) in [6, 6.07) is 14.1. The number of ether oxygens (including phenoxy) is 1. The van der Waals surface area contributed by atoms with E-state index in [4.69, 9.17) is 4.74 Å². The molecule has 3 heteroatoms. The maximum absolute atomic E-state index is 12.5. The summed E-state index contributed by atoms with van der Waals surface area (Å²) in [5, 5.41) is 3.10. The van der Waals surface area contributed by atoms with Crippen molar-refractivity contribution in [1.82, 2.24) is 5.32 Å². The predicted molar refractivity (Wildman–Crippen MR) is 98.4 cm³/mol. The summed E-state index contributed by atoms with van der Waals surface area (Å²) in [5.74, 6) is 0.614. The van der Waals surface area contributed by atoms with Crippen LogP contribution in [-0.2, 0) is 4.79 Å². The fourth-order valence-corrected chi connectivity index (χ4v) is 2.57. The van der Waals surface area contributed by atoms with E-state index in [2.05, 4.69) is 44.3 Å². The van der Waals surface area contributed by atoms with Crippen LogP contribution in [0.4, 0.5) is 0 Å². The number of rotatable bonds is 6. The van der Waals surface area contributed by atoms with E-state index in [-0.39, 0.29) is 11.9 Å². The first-order chi connectivity index (χ1) is 11.4. The zero-order chi connectivity index (χ0) is 17.7. The van der Waals surface area contributed by atoms with E-state index in [0.717, 1.165) is 12.0 Å². The van der Waals surface area contributed by atoms with Gasteiger partial charge in [0.1, 0.15) is 5.75 Å². The standard InChI is InChI=1S/C21H27NO2/c1-6-20(18-10-9-15(3)16(4)13-18)22-21(23)17(5)24-19-11-7-14(2)8-12-19/h7-13,17,20H,6H2,1-5H3,(H,22,23). The third kappa shape index (κ3) is 4.60. The van der Waals surface area contributed by atoms with Crippen LogP contribution in [0.1, 0.15) is 48.6 Å². The first-order valence-electron chi connectivity index (χ1n) is 8.51. The van der Waals surface area contributed by atoms with Crippen LogP contribution in [0.3, 0.4) is 0 Å². The normalized spacial score (nSPS) is 13.2. The summed E-state index contributed by atoms with van der Waals surface area (Å²) in [4.78, 5) is 12.5. The fourth-order valence-electron chi connectivity index (χ4n) is 2.57. The Morgan fingerprint density at radius 2 is 1.71 bits per heavy atom. The Kier molecular flexibility index (Phi) is 6.02. The predicted octanol–water partition coefficient (Wildman–Crippen LogP) is 4.65. The Morgan fingerprint density at radius 3 is 2.29 bits per heavy atom. The van der Waals surface area contributed by atoms with Gasteiger partial charge in [-0.3, -0.25) is 4.79 Å². The van der Waals surface area contributed by atoms with Gasteiger partial charge >= 0.3 is 0 Å². The first kappa shape index (κ1) is 18.1. The van der Waals surface area contributed by atoms with Crippen molar-refractivity contribution in [1.29, 1.82) is 0 Å². The number of benzene rings is 2. The number of amides is 1. The van der Waals surface area contributed by atoms with Gasteiger partial charge < -0.3 is 10.1 Å². The monoisotopic (exact) mass is 325 g/mol. The molecule has 2 atom stereocenters. The Morgan fingerprint density at radius 1 is 1.04 bits per heavy atom. The van der Waals surface area contributed by atoms with Crippen molar-refractivity contribution in [2.24, 2.45) is 0 Å². The maximum Gasteiger partial charge on any atom is 0.261 e. The molecule has 128 valence electrons. The van der Waals surface area contributed by atoms with Gasteiger partial charge in [-0.05, 0) is 62.9 Å². The molecule has 0 aromatic heterocycles. The quantitative estimate of drug-likeness (QED) is 0.840. The highest BCUT2D eigenvalue weighted by atomic mass is 16.5. The van der Waals surface area contributed by atoms with Crippen LogP contribution in [-0.4, -0.2) is 12.0 Å². The minimum Gasteiger partial charge on any atom is -0.481 e. The molecule has 0 radical (unpaired) electrons. The van der Waals surface area contributed by atoms with E-state index in [1.807, 2.05) is 31.2 Å². The Hall–Kier alpha value is -2.29. The molecule has 24 heavy (non-hydrogen) atoms. The van der Waals surface area contributed by atoms with E-state index < -0.39 is 6.10 Å². The SMILES string of the molecule is CCC(NC(=O)C(C)Oc1ccc(C)cc1)c1ccc(C)c(C)c1. The zero-order valence-electron chi connectivity index (χ0n) is 15.2. The van der Waals surface area contributed by atoms with Crippen molar-refractivity contribution in [3.8, 4) is 5.75 Å². The maximum atomic E-state index is 12.5. The highest BCUT2D eigenvalue weighted by molar-refractivity contribution is 5.81. The number of carbonyl (C=O) groups excluding carboxylic acids is 1. The molecule has 0 aliphatic carbocycles. The average molecular weight is 325 g/mol.